The number of hydrogen-bond acceptors (Lipinski definition) is 2. The monoisotopic (exact) mass is 263 g/mol. The van der Waals surface area contributed by atoms with Crippen LogP contribution < -0.4 is 10.1 Å². The fourth-order valence-electron chi connectivity index (χ4n) is 2.29. The summed E-state index contributed by atoms with van der Waals surface area (Å²) in [4.78, 5) is 0. The maximum Gasteiger partial charge on any atom is 0.128 e. The van der Waals surface area contributed by atoms with Gasteiger partial charge in [0.15, 0.2) is 0 Å². The maximum absolute atomic E-state index is 5.95. The van der Waals surface area contributed by atoms with Crippen LogP contribution in [0.5, 0.6) is 11.5 Å². The molecule has 3 rings (SSSR count). The third kappa shape index (κ3) is 2.81. The lowest BCUT2D eigenvalue weighted by Gasteiger charge is -2.08. The second-order valence-corrected chi connectivity index (χ2v) is 4.79. The first-order valence-electron chi connectivity index (χ1n) is 6.75. The van der Waals surface area contributed by atoms with Gasteiger partial charge in [0, 0.05) is 6.54 Å². The molecule has 3 aromatic rings. The summed E-state index contributed by atoms with van der Waals surface area (Å²) in [6.07, 6.45) is 0. The molecule has 0 aliphatic heterocycles. The number of ether oxygens (including phenoxy) is 1. The van der Waals surface area contributed by atoms with E-state index in [-0.39, 0.29) is 0 Å². The molecule has 100 valence electrons. The van der Waals surface area contributed by atoms with E-state index in [0.717, 1.165) is 18.0 Å². The first kappa shape index (κ1) is 12.7. The van der Waals surface area contributed by atoms with Crippen LogP contribution in [-0.2, 0) is 6.54 Å². The fourth-order valence-corrected chi connectivity index (χ4v) is 2.29. The first-order valence-corrected chi connectivity index (χ1v) is 6.75. The molecule has 0 radical (unpaired) electrons. The van der Waals surface area contributed by atoms with Crippen molar-refractivity contribution in [3.63, 3.8) is 0 Å². The van der Waals surface area contributed by atoms with Crippen molar-refractivity contribution in [2.45, 2.75) is 6.54 Å². The van der Waals surface area contributed by atoms with Crippen molar-refractivity contribution in [1.82, 2.24) is 5.32 Å². The first-order chi connectivity index (χ1) is 9.85. The lowest BCUT2D eigenvalue weighted by molar-refractivity contribution is 0.482. The molecule has 0 spiro atoms. The van der Waals surface area contributed by atoms with Crippen LogP contribution in [0.4, 0.5) is 0 Å². The molecule has 20 heavy (non-hydrogen) atoms. The second-order valence-electron chi connectivity index (χ2n) is 4.79. The molecule has 0 unspecified atom stereocenters. The summed E-state index contributed by atoms with van der Waals surface area (Å²) in [6, 6.07) is 22.6. The van der Waals surface area contributed by atoms with E-state index in [1.165, 1.54) is 16.3 Å². The Labute approximate surface area is 119 Å². The van der Waals surface area contributed by atoms with Gasteiger partial charge < -0.3 is 10.1 Å². The summed E-state index contributed by atoms with van der Waals surface area (Å²) >= 11 is 0. The van der Waals surface area contributed by atoms with Crippen molar-refractivity contribution in [3.8, 4) is 11.5 Å². The Bertz CT molecular complexity index is 721. The van der Waals surface area contributed by atoms with E-state index in [1.807, 2.05) is 37.4 Å². The number of nitrogens with one attached hydrogen (secondary N) is 1. The molecule has 1 N–H and O–H groups in total. The summed E-state index contributed by atoms with van der Waals surface area (Å²) in [6.45, 7) is 0.842. The van der Waals surface area contributed by atoms with Gasteiger partial charge in [-0.3, -0.25) is 0 Å². The molecule has 0 saturated heterocycles. The van der Waals surface area contributed by atoms with Crippen LogP contribution in [0.15, 0.2) is 66.7 Å². The minimum absolute atomic E-state index is 0.842. The molecule has 2 heteroatoms. The van der Waals surface area contributed by atoms with Gasteiger partial charge in [0.25, 0.3) is 0 Å². The molecule has 0 amide bonds. The highest BCUT2D eigenvalue weighted by Crippen LogP contribution is 2.26. The van der Waals surface area contributed by atoms with E-state index in [9.17, 15) is 0 Å². The highest BCUT2D eigenvalue weighted by molar-refractivity contribution is 5.83. The Balaban J connectivity index is 1.87. The fraction of sp³-hybridized carbons (Fsp3) is 0.111. The largest absolute Gasteiger partial charge is 0.457 e. The minimum Gasteiger partial charge on any atom is -0.457 e. The predicted octanol–water partition coefficient (Wildman–Crippen LogP) is 4.35. The molecule has 0 fully saturated rings. The lowest BCUT2D eigenvalue weighted by atomic mass is 10.1. The highest BCUT2D eigenvalue weighted by atomic mass is 16.5. The van der Waals surface area contributed by atoms with Crippen molar-refractivity contribution in [2.75, 3.05) is 7.05 Å². The summed E-state index contributed by atoms with van der Waals surface area (Å²) < 4.78 is 5.95. The molecule has 0 heterocycles. The topological polar surface area (TPSA) is 21.3 Å². The van der Waals surface area contributed by atoms with Gasteiger partial charge in [-0.15, -0.1) is 0 Å². The van der Waals surface area contributed by atoms with Crippen LogP contribution in [-0.4, -0.2) is 7.05 Å². The van der Waals surface area contributed by atoms with Gasteiger partial charge in [-0.25, -0.2) is 0 Å². The quantitative estimate of drug-likeness (QED) is 0.755. The highest BCUT2D eigenvalue weighted by Gasteiger charge is 2.00. The SMILES string of the molecule is CNCc1cccc(Oc2ccc3ccccc3c2)c1. The Morgan fingerprint density at radius 2 is 1.60 bits per heavy atom. The molecule has 0 atom stereocenters. The van der Waals surface area contributed by atoms with Crippen molar-refractivity contribution >= 4 is 10.8 Å². The Morgan fingerprint density at radius 1 is 0.800 bits per heavy atom. The number of hydrogen-bond donors (Lipinski definition) is 1. The second kappa shape index (κ2) is 5.76. The molecule has 0 saturated carbocycles. The molecule has 0 aromatic heterocycles. The summed E-state index contributed by atoms with van der Waals surface area (Å²) in [7, 11) is 1.94. The number of rotatable bonds is 4. The standard InChI is InChI=1S/C18H17NO/c1-19-13-14-5-4-8-17(11-14)20-18-10-9-15-6-2-3-7-16(15)12-18/h2-12,19H,13H2,1H3. The van der Waals surface area contributed by atoms with Gasteiger partial charge in [0.05, 0.1) is 0 Å². The molecule has 0 aliphatic rings. The van der Waals surface area contributed by atoms with Crippen molar-refractivity contribution in [3.05, 3.63) is 72.3 Å². The average molecular weight is 263 g/mol. The Hall–Kier alpha value is -2.32. The van der Waals surface area contributed by atoms with Crippen LogP contribution in [0.2, 0.25) is 0 Å². The lowest BCUT2D eigenvalue weighted by Crippen LogP contribution is -2.04. The molecule has 0 bridgehead atoms. The third-order valence-electron chi connectivity index (χ3n) is 3.24. The summed E-state index contributed by atoms with van der Waals surface area (Å²) in [5.41, 5.74) is 1.21. The molecule has 0 aliphatic carbocycles. The molecule has 2 nitrogen and oxygen atoms in total. The number of benzene rings is 3. The van der Waals surface area contributed by atoms with Crippen molar-refractivity contribution in [1.29, 1.82) is 0 Å². The van der Waals surface area contributed by atoms with E-state index in [0.29, 0.717) is 0 Å². The van der Waals surface area contributed by atoms with Crippen molar-refractivity contribution < 1.29 is 4.74 Å². The van der Waals surface area contributed by atoms with Gasteiger partial charge in [-0.05, 0) is 47.6 Å². The maximum atomic E-state index is 5.95. The molecular weight excluding hydrogens is 246 g/mol. The van der Waals surface area contributed by atoms with Gasteiger partial charge in [0.2, 0.25) is 0 Å². The van der Waals surface area contributed by atoms with Crippen LogP contribution in [0.3, 0.4) is 0 Å². The van der Waals surface area contributed by atoms with E-state index >= 15 is 0 Å². The zero-order valence-corrected chi connectivity index (χ0v) is 11.5. The van der Waals surface area contributed by atoms with Gasteiger partial charge >= 0.3 is 0 Å². The predicted molar refractivity (Wildman–Crippen MR) is 83.2 cm³/mol. The van der Waals surface area contributed by atoms with Gasteiger partial charge in [0.1, 0.15) is 11.5 Å². The van der Waals surface area contributed by atoms with E-state index < -0.39 is 0 Å². The van der Waals surface area contributed by atoms with Crippen LogP contribution in [0, 0.1) is 0 Å². The Morgan fingerprint density at radius 3 is 2.45 bits per heavy atom. The van der Waals surface area contributed by atoms with Gasteiger partial charge in [-0.1, -0.05) is 42.5 Å². The summed E-state index contributed by atoms with van der Waals surface area (Å²) in [5.74, 6) is 1.73. The van der Waals surface area contributed by atoms with Crippen LogP contribution >= 0.6 is 0 Å². The number of fused-ring (bicyclic) bond motifs is 1. The van der Waals surface area contributed by atoms with Crippen LogP contribution in [0.1, 0.15) is 5.56 Å². The summed E-state index contributed by atoms with van der Waals surface area (Å²) in [5, 5.41) is 5.56. The van der Waals surface area contributed by atoms with Gasteiger partial charge in [-0.2, -0.15) is 0 Å². The normalized spacial score (nSPS) is 10.7. The Kier molecular flexibility index (Phi) is 3.66. The van der Waals surface area contributed by atoms with Crippen molar-refractivity contribution in [2.24, 2.45) is 0 Å². The molecule has 3 aromatic carbocycles. The average Bonchev–Trinajstić information content (AvgIpc) is 2.48. The zero-order valence-electron chi connectivity index (χ0n) is 11.5. The minimum atomic E-state index is 0.842. The van der Waals surface area contributed by atoms with Crippen LogP contribution in [0.25, 0.3) is 10.8 Å². The van der Waals surface area contributed by atoms with E-state index in [2.05, 4.69) is 41.7 Å². The zero-order chi connectivity index (χ0) is 13.8. The van der Waals surface area contributed by atoms with E-state index in [1.54, 1.807) is 0 Å². The molecular formula is C18H17NO. The smallest absolute Gasteiger partial charge is 0.128 e. The third-order valence-corrected chi connectivity index (χ3v) is 3.24. The van der Waals surface area contributed by atoms with E-state index in [4.69, 9.17) is 4.74 Å².